The number of hydrogen-bond donors (Lipinski definition) is 2. The summed E-state index contributed by atoms with van der Waals surface area (Å²) in [6, 6.07) is 3.65. The highest BCUT2D eigenvalue weighted by Crippen LogP contribution is 2.57. The van der Waals surface area contributed by atoms with Crippen molar-refractivity contribution in [1.29, 1.82) is 0 Å². The van der Waals surface area contributed by atoms with Crippen molar-refractivity contribution in [2.45, 2.75) is 63.6 Å². The van der Waals surface area contributed by atoms with Gasteiger partial charge in [-0.2, -0.15) is 0 Å². The summed E-state index contributed by atoms with van der Waals surface area (Å²) >= 11 is 0. The number of phosphoric ester groups is 1. The van der Waals surface area contributed by atoms with Gasteiger partial charge in [0.1, 0.15) is 18.3 Å². The van der Waals surface area contributed by atoms with Crippen molar-refractivity contribution in [1.82, 2.24) is 9.88 Å². The zero-order valence-electron chi connectivity index (χ0n) is 21.3. The molecule has 3 saturated heterocycles. The van der Waals surface area contributed by atoms with Crippen LogP contribution >= 0.6 is 7.82 Å². The van der Waals surface area contributed by atoms with Gasteiger partial charge in [0.15, 0.2) is 12.0 Å². The minimum Gasteiger partial charge on any atom is -0.481 e. The van der Waals surface area contributed by atoms with Crippen molar-refractivity contribution >= 4 is 19.7 Å². The van der Waals surface area contributed by atoms with E-state index in [-0.39, 0.29) is 13.2 Å². The first-order chi connectivity index (χ1) is 18.0. The molecule has 3 N–H and O–H groups in total. The van der Waals surface area contributed by atoms with Gasteiger partial charge in [-0.15, -0.1) is 0 Å². The number of carbonyl (C=O) groups excluding carboxylic acids is 1. The Balaban J connectivity index is 0.000000786. The lowest BCUT2D eigenvalue weighted by atomic mass is 10.1. The van der Waals surface area contributed by atoms with Gasteiger partial charge >= 0.3 is 7.82 Å². The van der Waals surface area contributed by atoms with Gasteiger partial charge in [0.05, 0.1) is 24.9 Å². The Bertz CT molecular complexity index is 1120. The first-order valence-electron chi connectivity index (χ1n) is 12.1. The van der Waals surface area contributed by atoms with Crippen molar-refractivity contribution in [3.8, 4) is 0 Å². The molecule has 0 aliphatic carbocycles. The molecule has 3 unspecified atom stereocenters. The molecule has 13 nitrogen and oxygen atoms in total. The highest BCUT2D eigenvalue weighted by atomic mass is 31.2. The minimum atomic E-state index is -3.83. The Labute approximate surface area is 220 Å². The number of fused-ring (bicyclic) bond motifs is 1. The van der Waals surface area contributed by atoms with Crippen LogP contribution in [0.4, 0.5) is 0 Å². The van der Waals surface area contributed by atoms with Gasteiger partial charge < -0.3 is 30.0 Å². The van der Waals surface area contributed by atoms with Crippen molar-refractivity contribution in [2.24, 2.45) is 5.73 Å². The lowest BCUT2D eigenvalue weighted by Gasteiger charge is -2.33. The molecule has 3 fully saturated rings. The standard InChI is InChI=1S/C22H28N3O8P.C2H4O2/c1-22(2)31-18-17(30-21(19(18)32-22)25-9-4-6-15(12-25)20(23)26)13-29-34(27)28-10-7-16(33-34)14-5-3-8-24-11-14;1-2(3)4/h3-6,8,11-12,16-19,21H,7,9-10,13H2,1-2H3,(H2,23,26);1H3,(H,3,4)/t16?,17?,18-,19-,21-,34?;/m1./s1. The maximum atomic E-state index is 13.2. The van der Waals surface area contributed by atoms with Gasteiger partial charge in [0.25, 0.3) is 5.97 Å². The molecule has 38 heavy (non-hydrogen) atoms. The number of ether oxygens (including phenoxy) is 3. The average Bonchev–Trinajstić information content (AvgIpc) is 3.36. The van der Waals surface area contributed by atoms with E-state index in [1.807, 2.05) is 30.9 Å². The predicted octanol–water partition coefficient (Wildman–Crippen LogP) is 2.26. The quantitative estimate of drug-likeness (QED) is 0.494. The number of carbonyl (C=O) groups is 2. The number of carboxylic acids is 1. The summed E-state index contributed by atoms with van der Waals surface area (Å²) in [5.74, 6) is -2.21. The third-order valence-electron chi connectivity index (χ3n) is 5.99. The van der Waals surface area contributed by atoms with Gasteiger partial charge in [-0.05, 0) is 25.5 Å². The zero-order chi connectivity index (χ0) is 27.5. The van der Waals surface area contributed by atoms with Crippen LogP contribution in [0.1, 0.15) is 38.9 Å². The third-order valence-corrected chi connectivity index (χ3v) is 7.47. The largest absolute Gasteiger partial charge is 0.481 e. The van der Waals surface area contributed by atoms with Crippen LogP contribution in [0.15, 0.2) is 48.5 Å². The normalized spacial score (nSPS) is 33.6. The number of pyridine rings is 1. The molecular weight excluding hydrogens is 521 g/mol. The minimum absolute atomic E-state index is 0.0930. The fourth-order valence-corrected chi connectivity index (χ4v) is 5.89. The zero-order valence-corrected chi connectivity index (χ0v) is 22.2. The molecule has 1 aromatic heterocycles. The molecule has 0 spiro atoms. The van der Waals surface area contributed by atoms with Gasteiger partial charge in [-0.1, -0.05) is 18.2 Å². The third kappa shape index (κ3) is 6.86. The van der Waals surface area contributed by atoms with E-state index < -0.39 is 56.1 Å². The summed E-state index contributed by atoms with van der Waals surface area (Å²) < 4.78 is 48.4. The maximum absolute atomic E-state index is 13.2. The Morgan fingerprint density at radius 1 is 1.32 bits per heavy atom. The fourth-order valence-electron chi connectivity index (χ4n) is 4.50. The SMILES string of the molecule is CC(=O)O.CC1(C)O[C@@H]2[C@H](O1)C(COP1(=O)OCCC(c3cccnc3)O1)O[C@H]2N1C=C(C(N)=O)C=CC1. The molecule has 1 amide bonds. The first-order valence-corrected chi connectivity index (χ1v) is 13.5. The van der Waals surface area contributed by atoms with Gasteiger partial charge in [-0.3, -0.25) is 28.1 Å². The van der Waals surface area contributed by atoms with Crippen LogP contribution in [-0.2, 0) is 41.9 Å². The van der Waals surface area contributed by atoms with Gasteiger partial charge in [-0.25, -0.2) is 4.57 Å². The van der Waals surface area contributed by atoms with Gasteiger partial charge in [0, 0.05) is 38.5 Å². The van der Waals surface area contributed by atoms with E-state index in [1.165, 1.54) is 0 Å². The summed E-state index contributed by atoms with van der Waals surface area (Å²) in [7, 11) is -3.83. The van der Waals surface area contributed by atoms with Crippen LogP contribution < -0.4 is 5.73 Å². The van der Waals surface area contributed by atoms with Crippen LogP contribution in [0.25, 0.3) is 0 Å². The van der Waals surface area contributed by atoms with Gasteiger partial charge in [0.2, 0.25) is 5.91 Å². The lowest BCUT2D eigenvalue weighted by molar-refractivity contribution is -0.204. The van der Waals surface area contributed by atoms with E-state index in [2.05, 4.69) is 4.98 Å². The second kappa shape index (κ2) is 11.6. The highest BCUT2D eigenvalue weighted by Gasteiger charge is 2.57. The highest BCUT2D eigenvalue weighted by molar-refractivity contribution is 7.48. The van der Waals surface area contributed by atoms with Crippen molar-refractivity contribution in [3.05, 3.63) is 54.0 Å². The van der Waals surface area contributed by atoms with Crippen molar-refractivity contribution in [3.63, 3.8) is 0 Å². The average molecular weight is 554 g/mol. The number of aliphatic carboxylic acids is 1. The van der Waals surface area contributed by atoms with Crippen molar-refractivity contribution in [2.75, 3.05) is 19.8 Å². The number of phosphoric acid groups is 1. The number of primary amides is 1. The summed E-state index contributed by atoms with van der Waals surface area (Å²) in [6.45, 7) is 5.35. The van der Waals surface area contributed by atoms with Crippen LogP contribution in [-0.4, -0.2) is 77.0 Å². The molecular formula is C24H32N3O10P. The van der Waals surface area contributed by atoms with E-state index >= 15 is 0 Å². The van der Waals surface area contributed by atoms with E-state index in [9.17, 15) is 9.36 Å². The molecule has 0 radical (unpaired) electrons. The van der Waals surface area contributed by atoms with E-state index in [0.717, 1.165) is 12.5 Å². The monoisotopic (exact) mass is 553 g/mol. The van der Waals surface area contributed by atoms with E-state index in [1.54, 1.807) is 30.7 Å². The maximum Gasteiger partial charge on any atom is 0.475 e. The second-order valence-corrected chi connectivity index (χ2v) is 11.1. The smallest absolute Gasteiger partial charge is 0.475 e. The van der Waals surface area contributed by atoms with Crippen LogP contribution in [0.5, 0.6) is 0 Å². The number of amides is 1. The number of nitrogens with zero attached hydrogens (tertiary/aromatic N) is 2. The summed E-state index contributed by atoms with van der Waals surface area (Å²) in [5.41, 5.74) is 6.60. The van der Waals surface area contributed by atoms with E-state index in [4.69, 9.17) is 43.4 Å². The molecule has 5 rings (SSSR count). The number of rotatable bonds is 6. The van der Waals surface area contributed by atoms with Crippen molar-refractivity contribution < 1.29 is 47.0 Å². The Kier molecular flexibility index (Phi) is 8.68. The van der Waals surface area contributed by atoms with Crippen LogP contribution in [0.2, 0.25) is 0 Å². The summed E-state index contributed by atoms with van der Waals surface area (Å²) in [6.07, 6.45) is 6.45. The summed E-state index contributed by atoms with van der Waals surface area (Å²) in [5, 5.41) is 7.42. The number of hydrogen-bond acceptors (Lipinski definition) is 11. The Hall–Kier alpha value is -2.64. The summed E-state index contributed by atoms with van der Waals surface area (Å²) in [4.78, 5) is 26.6. The Morgan fingerprint density at radius 3 is 2.74 bits per heavy atom. The fraction of sp³-hybridized carbons (Fsp3) is 0.542. The Morgan fingerprint density at radius 2 is 2.05 bits per heavy atom. The predicted molar refractivity (Wildman–Crippen MR) is 131 cm³/mol. The molecule has 0 aromatic carbocycles. The molecule has 208 valence electrons. The topological polar surface area (TPSA) is 169 Å². The number of carboxylic acid groups (broad SMARTS) is 1. The molecule has 14 heteroatoms. The lowest BCUT2D eigenvalue weighted by Crippen LogP contribution is -2.42. The molecule has 6 atom stereocenters. The molecule has 4 aliphatic heterocycles. The number of aromatic nitrogens is 1. The van der Waals surface area contributed by atoms with Crippen LogP contribution in [0.3, 0.4) is 0 Å². The second-order valence-electron chi connectivity index (χ2n) is 9.44. The molecule has 4 aliphatic rings. The number of nitrogens with two attached hydrogens (primary N) is 1. The molecule has 0 bridgehead atoms. The molecule has 0 saturated carbocycles. The van der Waals surface area contributed by atoms with Crippen LogP contribution in [0, 0.1) is 0 Å². The molecule has 1 aromatic rings. The first kappa shape index (κ1) is 28.4. The van der Waals surface area contributed by atoms with E-state index in [0.29, 0.717) is 18.5 Å². The molecule has 5 heterocycles.